The minimum absolute atomic E-state index is 0. The van der Waals surface area contributed by atoms with E-state index < -0.39 is 9.73 Å². The van der Waals surface area contributed by atoms with E-state index in [1.54, 1.807) is 6.26 Å². The van der Waals surface area contributed by atoms with Crippen molar-refractivity contribution in [1.29, 1.82) is 0 Å². The van der Waals surface area contributed by atoms with Crippen LogP contribution in [0.25, 0.3) is 0 Å². The van der Waals surface area contributed by atoms with Gasteiger partial charge in [-0.15, -0.1) is 0 Å². The fraction of sp³-hybridized carbons (Fsp3) is 0.538. The average Bonchev–Trinajstić information content (AvgIpc) is 2.35. The van der Waals surface area contributed by atoms with Crippen molar-refractivity contribution >= 4 is 25.7 Å². The molecule has 1 rings (SSSR count). The molecule has 0 fully saturated rings. The fourth-order valence-electron chi connectivity index (χ4n) is 1.66. The van der Waals surface area contributed by atoms with Crippen LogP contribution in [-0.2, 0) is 9.73 Å². The molecular weight excluding hydrogens is 328 g/mol. The lowest BCUT2D eigenvalue weighted by atomic mass is 10.4. The molecule has 0 saturated heterocycles. The van der Waals surface area contributed by atoms with E-state index in [1.807, 2.05) is 24.3 Å². The Morgan fingerprint density at radius 2 is 1.74 bits per heavy atom. The summed E-state index contributed by atoms with van der Waals surface area (Å²) in [6, 6.07) is 7.54. The van der Waals surface area contributed by atoms with Crippen molar-refractivity contribution in [3.8, 4) is 0 Å². The van der Waals surface area contributed by atoms with Gasteiger partial charge in [0, 0.05) is 22.2 Å². The number of rotatable bonds is 6. The van der Waals surface area contributed by atoms with E-state index in [4.69, 9.17) is 0 Å². The number of halogens is 1. The number of nitrogens with zero attached hydrogens (tertiary/aromatic N) is 2. The van der Waals surface area contributed by atoms with Crippen molar-refractivity contribution in [2.45, 2.75) is 18.7 Å². The second-order valence-electron chi connectivity index (χ2n) is 4.14. The standard InChI is InChI=1S/C13H21BrN2OS.H2O/c1-4-16(5-2)11-10-15-18(3,17)13-8-6-12(14)7-9-13;/h6-9H,4-5,10-11H2,1-3H3;1H2. The van der Waals surface area contributed by atoms with Gasteiger partial charge in [-0.1, -0.05) is 29.8 Å². The molecule has 0 aliphatic carbocycles. The third-order valence-corrected chi connectivity index (χ3v) is 5.25. The van der Waals surface area contributed by atoms with Gasteiger partial charge in [0.1, 0.15) is 0 Å². The van der Waals surface area contributed by atoms with Gasteiger partial charge >= 0.3 is 0 Å². The van der Waals surface area contributed by atoms with E-state index in [1.165, 1.54) is 0 Å². The van der Waals surface area contributed by atoms with Crippen LogP contribution in [0, 0.1) is 0 Å². The quantitative estimate of drug-likeness (QED) is 0.790. The largest absolute Gasteiger partial charge is 0.412 e. The van der Waals surface area contributed by atoms with E-state index in [2.05, 4.69) is 39.0 Å². The van der Waals surface area contributed by atoms with Gasteiger partial charge in [-0.05, 0) is 37.4 Å². The molecule has 2 N–H and O–H groups in total. The number of hydrogen-bond donors (Lipinski definition) is 0. The maximum atomic E-state index is 12.5. The molecular formula is C13H23BrN2O2S. The average molecular weight is 351 g/mol. The maximum absolute atomic E-state index is 12.5. The third-order valence-electron chi connectivity index (χ3n) is 2.90. The van der Waals surface area contributed by atoms with E-state index in [0.29, 0.717) is 6.54 Å². The lowest BCUT2D eigenvalue weighted by Gasteiger charge is -2.16. The van der Waals surface area contributed by atoms with Crippen LogP contribution in [0.1, 0.15) is 13.8 Å². The number of benzene rings is 1. The summed E-state index contributed by atoms with van der Waals surface area (Å²) in [4.78, 5) is 3.07. The Bertz CT molecular complexity index is 478. The highest BCUT2D eigenvalue weighted by Gasteiger charge is 2.05. The van der Waals surface area contributed by atoms with Crippen LogP contribution in [0.2, 0.25) is 0 Å². The summed E-state index contributed by atoms with van der Waals surface area (Å²) in [5.41, 5.74) is 0. The predicted octanol–water partition coefficient (Wildman–Crippen LogP) is 2.42. The number of hydrogen-bond acceptors (Lipinski definition) is 3. The van der Waals surface area contributed by atoms with Crippen molar-refractivity contribution in [3.05, 3.63) is 28.7 Å². The van der Waals surface area contributed by atoms with Gasteiger partial charge in [0.2, 0.25) is 0 Å². The summed E-state index contributed by atoms with van der Waals surface area (Å²) >= 11 is 3.37. The molecule has 1 unspecified atom stereocenters. The minimum atomic E-state index is -2.26. The molecule has 0 bridgehead atoms. The van der Waals surface area contributed by atoms with Crippen molar-refractivity contribution in [2.24, 2.45) is 4.36 Å². The van der Waals surface area contributed by atoms with Crippen molar-refractivity contribution < 1.29 is 9.69 Å². The molecule has 6 heteroatoms. The van der Waals surface area contributed by atoms with Crippen LogP contribution < -0.4 is 0 Å². The molecule has 0 aliphatic heterocycles. The first-order valence-electron chi connectivity index (χ1n) is 6.15. The first-order valence-corrected chi connectivity index (χ1v) is 8.87. The summed E-state index contributed by atoms with van der Waals surface area (Å²) < 4.78 is 17.8. The summed E-state index contributed by atoms with van der Waals surface area (Å²) in [7, 11) is -2.26. The Hall–Kier alpha value is -0.430. The molecule has 1 atom stereocenters. The molecule has 0 aromatic heterocycles. The van der Waals surface area contributed by atoms with Crippen molar-refractivity contribution in [2.75, 3.05) is 32.4 Å². The van der Waals surface area contributed by atoms with Crippen LogP contribution in [0.3, 0.4) is 0 Å². The van der Waals surface area contributed by atoms with Gasteiger partial charge in [-0.3, -0.25) is 0 Å². The SMILES string of the molecule is CCN(CC)CCN=S(C)(=O)c1ccc(Br)cc1.O. The molecule has 0 saturated carbocycles. The Labute approximate surface area is 124 Å². The van der Waals surface area contributed by atoms with Crippen LogP contribution in [0.5, 0.6) is 0 Å². The van der Waals surface area contributed by atoms with Gasteiger partial charge in [-0.2, -0.15) is 0 Å². The highest BCUT2D eigenvalue weighted by molar-refractivity contribution is 9.10. The summed E-state index contributed by atoms with van der Waals surface area (Å²) in [6.07, 6.45) is 1.71. The van der Waals surface area contributed by atoms with E-state index >= 15 is 0 Å². The van der Waals surface area contributed by atoms with Gasteiger partial charge < -0.3 is 10.4 Å². The molecule has 110 valence electrons. The lowest BCUT2D eigenvalue weighted by Crippen LogP contribution is -2.26. The lowest BCUT2D eigenvalue weighted by molar-refractivity contribution is 0.313. The molecule has 0 spiro atoms. The van der Waals surface area contributed by atoms with Crippen LogP contribution >= 0.6 is 15.9 Å². The molecule has 4 nitrogen and oxygen atoms in total. The molecule has 0 aliphatic rings. The van der Waals surface area contributed by atoms with Crippen LogP contribution in [0.4, 0.5) is 0 Å². The first kappa shape index (κ1) is 18.6. The Kier molecular flexibility index (Phi) is 8.49. The predicted molar refractivity (Wildman–Crippen MR) is 85.2 cm³/mol. The van der Waals surface area contributed by atoms with E-state index in [0.717, 1.165) is 29.0 Å². The van der Waals surface area contributed by atoms with Crippen LogP contribution in [0.15, 0.2) is 38.0 Å². The summed E-state index contributed by atoms with van der Waals surface area (Å²) in [5, 5.41) is 0. The third kappa shape index (κ3) is 6.03. The molecule has 19 heavy (non-hydrogen) atoms. The molecule has 0 heterocycles. The molecule has 1 aromatic carbocycles. The van der Waals surface area contributed by atoms with E-state index in [9.17, 15) is 4.21 Å². The minimum Gasteiger partial charge on any atom is -0.412 e. The topological polar surface area (TPSA) is 64.2 Å². The maximum Gasteiger partial charge on any atom is 0.0723 e. The highest BCUT2D eigenvalue weighted by atomic mass is 79.9. The fourth-order valence-corrected chi connectivity index (χ4v) is 3.14. The van der Waals surface area contributed by atoms with Crippen molar-refractivity contribution in [3.63, 3.8) is 0 Å². The van der Waals surface area contributed by atoms with Gasteiger partial charge in [-0.25, -0.2) is 8.57 Å². The molecule has 1 aromatic rings. The Morgan fingerprint density at radius 3 is 2.21 bits per heavy atom. The monoisotopic (exact) mass is 350 g/mol. The Balaban J connectivity index is 0.00000324. The zero-order valence-corrected chi connectivity index (χ0v) is 14.1. The zero-order chi connectivity index (χ0) is 13.6. The Morgan fingerprint density at radius 1 is 1.21 bits per heavy atom. The second-order valence-corrected chi connectivity index (χ2v) is 7.39. The van der Waals surface area contributed by atoms with Crippen LogP contribution in [-0.4, -0.2) is 47.0 Å². The van der Waals surface area contributed by atoms with Gasteiger partial charge in [0.15, 0.2) is 0 Å². The van der Waals surface area contributed by atoms with Gasteiger partial charge in [0.05, 0.1) is 16.3 Å². The zero-order valence-electron chi connectivity index (χ0n) is 11.7. The van der Waals surface area contributed by atoms with Gasteiger partial charge in [0.25, 0.3) is 0 Å². The summed E-state index contributed by atoms with van der Waals surface area (Å²) in [6.45, 7) is 7.76. The second kappa shape index (κ2) is 8.68. The first-order chi connectivity index (χ1) is 8.49. The smallest absolute Gasteiger partial charge is 0.0723 e. The normalized spacial score (nSPS) is 13.7. The van der Waals surface area contributed by atoms with E-state index in [-0.39, 0.29) is 5.48 Å². The molecule has 0 radical (unpaired) electrons. The molecule has 0 amide bonds. The highest BCUT2D eigenvalue weighted by Crippen LogP contribution is 2.16. The summed E-state index contributed by atoms with van der Waals surface area (Å²) in [5.74, 6) is 0. The number of likely N-dealkylation sites (N-methyl/N-ethyl adjacent to an activating group) is 1. The van der Waals surface area contributed by atoms with Crippen molar-refractivity contribution in [1.82, 2.24) is 4.90 Å².